The molecule has 0 atom stereocenters. The van der Waals surface area contributed by atoms with Crippen LogP contribution in [0.25, 0.3) is 11.0 Å². The maximum atomic E-state index is 13.2. The van der Waals surface area contributed by atoms with E-state index in [0.717, 1.165) is 0 Å². The summed E-state index contributed by atoms with van der Waals surface area (Å²) in [5.41, 5.74) is 1.36. The number of hydrogen-bond donors (Lipinski definition) is 0. The monoisotopic (exact) mass is 272 g/mol. The van der Waals surface area contributed by atoms with Gasteiger partial charge in [-0.3, -0.25) is 4.79 Å². The van der Waals surface area contributed by atoms with Gasteiger partial charge in [-0.1, -0.05) is 0 Å². The lowest BCUT2D eigenvalue weighted by atomic mass is 10.0. The molecule has 0 radical (unpaired) electrons. The molecule has 0 N–H and O–H groups in total. The topological polar surface area (TPSA) is 30.2 Å². The van der Waals surface area contributed by atoms with Crippen LogP contribution in [0, 0.1) is 18.6 Å². The molecule has 0 saturated heterocycles. The van der Waals surface area contributed by atoms with Crippen LogP contribution in [0.2, 0.25) is 0 Å². The van der Waals surface area contributed by atoms with E-state index in [2.05, 4.69) is 0 Å². The van der Waals surface area contributed by atoms with E-state index in [1.807, 2.05) is 0 Å². The standard InChI is InChI=1S/C16H10F2O2/c1-9-13-8-12(18)6-7-14(13)20-16(9)15(19)10-2-4-11(17)5-3-10/h2-8H,1H3. The fourth-order valence-electron chi connectivity index (χ4n) is 2.14. The number of carbonyl (C=O) groups is 1. The van der Waals surface area contributed by atoms with Gasteiger partial charge >= 0.3 is 0 Å². The first-order valence-electron chi connectivity index (χ1n) is 6.05. The first-order chi connectivity index (χ1) is 9.56. The lowest BCUT2D eigenvalue weighted by Gasteiger charge is -1.98. The van der Waals surface area contributed by atoms with E-state index >= 15 is 0 Å². The Morgan fingerprint density at radius 2 is 1.65 bits per heavy atom. The first kappa shape index (κ1) is 12.5. The van der Waals surface area contributed by atoms with Gasteiger partial charge in [-0.2, -0.15) is 0 Å². The minimum absolute atomic E-state index is 0.150. The fourth-order valence-corrected chi connectivity index (χ4v) is 2.14. The third-order valence-corrected chi connectivity index (χ3v) is 3.21. The Balaban J connectivity index is 2.12. The Morgan fingerprint density at radius 1 is 1.00 bits per heavy atom. The van der Waals surface area contributed by atoms with Crippen LogP contribution >= 0.6 is 0 Å². The first-order valence-corrected chi connectivity index (χ1v) is 6.05. The molecule has 0 aliphatic heterocycles. The average Bonchev–Trinajstić information content (AvgIpc) is 2.76. The van der Waals surface area contributed by atoms with Crippen molar-refractivity contribution in [2.75, 3.05) is 0 Å². The van der Waals surface area contributed by atoms with Crippen LogP contribution in [0.3, 0.4) is 0 Å². The normalized spacial score (nSPS) is 10.9. The Morgan fingerprint density at radius 3 is 2.35 bits per heavy atom. The van der Waals surface area contributed by atoms with E-state index in [-0.39, 0.29) is 17.4 Å². The number of ketones is 1. The smallest absolute Gasteiger partial charge is 0.228 e. The Kier molecular flexibility index (Phi) is 2.86. The van der Waals surface area contributed by atoms with E-state index in [0.29, 0.717) is 22.1 Å². The quantitative estimate of drug-likeness (QED) is 0.653. The van der Waals surface area contributed by atoms with Crippen LogP contribution in [0.5, 0.6) is 0 Å². The van der Waals surface area contributed by atoms with Crippen molar-refractivity contribution in [3.8, 4) is 0 Å². The molecule has 0 fully saturated rings. The zero-order valence-corrected chi connectivity index (χ0v) is 10.6. The van der Waals surface area contributed by atoms with Crippen LogP contribution in [-0.2, 0) is 0 Å². The molecule has 0 saturated carbocycles. The maximum Gasteiger partial charge on any atom is 0.228 e. The molecule has 2 nitrogen and oxygen atoms in total. The van der Waals surface area contributed by atoms with E-state index in [1.54, 1.807) is 6.92 Å². The van der Waals surface area contributed by atoms with Crippen LogP contribution in [0.1, 0.15) is 21.7 Å². The molecule has 2 aromatic carbocycles. The zero-order chi connectivity index (χ0) is 14.3. The maximum absolute atomic E-state index is 13.2. The van der Waals surface area contributed by atoms with Crippen molar-refractivity contribution in [2.45, 2.75) is 6.92 Å². The number of fused-ring (bicyclic) bond motifs is 1. The van der Waals surface area contributed by atoms with Gasteiger partial charge < -0.3 is 4.42 Å². The van der Waals surface area contributed by atoms with Crippen LogP contribution in [0.15, 0.2) is 46.9 Å². The van der Waals surface area contributed by atoms with Crippen LogP contribution in [-0.4, -0.2) is 5.78 Å². The summed E-state index contributed by atoms with van der Waals surface area (Å²) in [5.74, 6) is -0.997. The molecule has 1 heterocycles. The van der Waals surface area contributed by atoms with Gasteiger partial charge in [-0.05, 0) is 49.4 Å². The second-order valence-electron chi connectivity index (χ2n) is 4.53. The Labute approximate surface area is 113 Å². The highest BCUT2D eigenvalue weighted by atomic mass is 19.1. The summed E-state index contributed by atoms with van der Waals surface area (Å²) < 4.78 is 31.6. The molecule has 0 aliphatic carbocycles. The number of aryl methyl sites for hydroxylation is 1. The minimum Gasteiger partial charge on any atom is -0.452 e. The third-order valence-electron chi connectivity index (χ3n) is 3.21. The van der Waals surface area contributed by atoms with E-state index in [1.165, 1.54) is 42.5 Å². The van der Waals surface area contributed by atoms with Crippen LogP contribution in [0.4, 0.5) is 8.78 Å². The van der Waals surface area contributed by atoms with Gasteiger partial charge in [0.2, 0.25) is 5.78 Å². The Bertz CT molecular complexity index is 801. The molecule has 4 heteroatoms. The summed E-state index contributed by atoms with van der Waals surface area (Å²) in [4.78, 5) is 12.3. The van der Waals surface area contributed by atoms with Crippen molar-refractivity contribution in [1.29, 1.82) is 0 Å². The molecule has 1 aromatic heterocycles. The van der Waals surface area contributed by atoms with Crippen LogP contribution < -0.4 is 0 Å². The van der Waals surface area contributed by atoms with Gasteiger partial charge in [0.25, 0.3) is 0 Å². The molecule has 0 spiro atoms. The molecule has 0 unspecified atom stereocenters. The minimum atomic E-state index is -0.412. The van der Waals surface area contributed by atoms with Crippen molar-refractivity contribution < 1.29 is 18.0 Å². The van der Waals surface area contributed by atoms with Crippen molar-refractivity contribution in [2.24, 2.45) is 0 Å². The van der Waals surface area contributed by atoms with Gasteiger partial charge in [-0.15, -0.1) is 0 Å². The molecule has 3 rings (SSSR count). The second kappa shape index (κ2) is 4.56. The zero-order valence-electron chi connectivity index (χ0n) is 10.6. The van der Waals surface area contributed by atoms with Crippen molar-refractivity contribution in [3.63, 3.8) is 0 Å². The van der Waals surface area contributed by atoms with E-state index in [4.69, 9.17) is 4.42 Å². The molecule has 100 valence electrons. The molecular weight excluding hydrogens is 262 g/mol. The van der Waals surface area contributed by atoms with E-state index < -0.39 is 5.82 Å². The summed E-state index contributed by atoms with van der Waals surface area (Å²) in [5, 5.41) is 0.565. The number of hydrogen-bond acceptors (Lipinski definition) is 2. The van der Waals surface area contributed by atoms with Gasteiger partial charge in [-0.25, -0.2) is 8.78 Å². The molecule has 3 aromatic rings. The fraction of sp³-hybridized carbons (Fsp3) is 0.0625. The van der Waals surface area contributed by atoms with Crippen molar-refractivity contribution in [1.82, 2.24) is 0 Å². The van der Waals surface area contributed by atoms with E-state index in [9.17, 15) is 13.6 Å². The molecule has 0 aliphatic rings. The predicted molar refractivity (Wildman–Crippen MR) is 70.7 cm³/mol. The highest BCUT2D eigenvalue weighted by Crippen LogP contribution is 2.27. The second-order valence-corrected chi connectivity index (χ2v) is 4.53. The number of halogens is 2. The molecule has 0 bridgehead atoms. The lowest BCUT2D eigenvalue weighted by Crippen LogP contribution is -2.01. The van der Waals surface area contributed by atoms with Crippen molar-refractivity contribution in [3.05, 3.63) is 71.0 Å². The summed E-state index contributed by atoms with van der Waals surface area (Å²) in [7, 11) is 0. The van der Waals surface area contributed by atoms with Crippen molar-refractivity contribution >= 4 is 16.8 Å². The summed E-state index contributed by atoms with van der Waals surface area (Å²) in [6, 6.07) is 9.30. The Hall–Kier alpha value is -2.49. The summed E-state index contributed by atoms with van der Waals surface area (Å²) in [6.07, 6.45) is 0. The number of carbonyl (C=O) groups excluding carboxylic acids is 1. The number of furan rings is 1. The van der Waals surface area contributed by atoms with Gasteiger partial charge in [0.1, 0.15) is 17.2 Å². The number of benzene rings is 2. The van der Waals surface area contributed by atoms with Gasteiger partial charge in [0.15, 0.2) is 5.76 Å². The summed E-state index contributed by atoms with van der Waals surface area (Å²) >= 11 is 0. The predicted octanol–water partition coefficient (Wildman–Crippen LogP) is 4.25. The lowest BCUT2D eigenvalue weighted by molar-refractivity contribution is 0.101. The van der Waals surface area contributed by atoms with Gasteiger partial charge in [0, 0.05) is 16.5 Å². The largest absolute Gasteiger partial charge is 0.452 e. The molecule has 20 heavy (non-hydrogen) atoms. The SMILES string of the molecule is Cc1c(C(=O)c2ccc(F)cc2)oc2ccc(F)cc12. The van der Waals surface area contributed by atoms with Gasteiger partial charge in [0.05, 0.1) is 0 Å². The third kappa shape index (κ3) is 1.99. The highest BCUT2D eigenvalue weighted by Gasteiger charge is 2.19. The number of rotatable bonds is 2. The summed E-state index contributed by atoms with van der Waals surface area (Å²) in [6.45, 7) is 1.70. The highest BCUT2D eigenvalue weighted by molar-refractivity contribution is 6.10. The molecular formula is C16H10F2O2. The average molecular weight is 272 g/mol. The molecule has 0 amide bonds.